The quantitative estimate of drug-likeness (QED) is 0.761. The van der Waals surface area contributed by atoms with Gasteiger partial charge >= 0.3 is 0 Å². The normalized spacial score (nSPS) is 23.1. The molecule has 1 aliphatic heterocycles. The van der Waals surface area contributed by atoms with Crippen LogP contribution in [-0.4, -0.2) is 44.7 Å². The summed E-state index contributed by atoms with van der Waals surface area (Å²) in [4.78, 5) is 2.45. The number of hydrogen-bond acceptors (Lipinski definition) is 4. The van der Waals surface area contributed by atoms with Crippen molar-refractivity contribution in [2.24, 2.45) is 0 Å². The molecule has 1 saturated heterocycles. The Balaban J connectivity index is 2.02. The summed E-state index contributed by atoms with van der Waals surface area (Å²) in [6, 6.07) is 0.434. The molecule has 1 aliphatic rings. The van der Waals surface area contributed by atoms with Gasteiger partial charge in [-0.15, -0.1) is 0 Å². The molecule has 1 aromatic rings. The number of aromatic nitrogens is 4. The van der Waals surface area contributed by atoms with Crippen molar-refractivity contribution in [3.8, 4) is 0 Å². The molecule has 0 amide bonds. The van der Waals surface area contributed by atoms with Gasteiger partial charge in [0.25, 0.3) is 0 Å². The molecular weight excluding hydrogens is 198 g/mol. The third kappa shape index (κ3) is 1.85. The van der Waals surface area contributed by atoms with Crippen molar-refractivity contribution in [1.29, 1.82) is 0 Å². The van der Waals surface area contributed by atoms with Gasteiger partial charge in [-0.3, -0.25) is 0 Å². The molecule has 78 valence electrons. The minimum Gasteiger partial charge on any atom is -0.301 e. The fraction of sp³-hybridized carbons (Fsp3) is 0.875. The van der Waals surface area contributed by atoms with Crippen LogP contribution in [0, 0.1) is 4.77 Å². The van der Waals surface area contributed by atoms with Crippen molar-refractivity contribution in [1.82, 2.24) is 25.1 Å². The third-order valence-corrected chi connectivity index (χ3v) is 2.92. The Labute approximate surface area is 88.1 Å². The topological polar surface area (TPSA) is 49.7 Å². The maximum absolute atomic E-state index is 5.06. The van der Waals surface area contributed by atoms with Gasteiger partial charge in [-0.25, -0.2) is 4.68 Å². The van der Waals surface area contributed by atoms with Crippen LogP contribution in [0.25, 0.3) is 0 Å². The smallest absolute Gasteiger partial charge is 0.238 e. The summed E-state index contributed by atoms with van der Waals surface area (Å²) >= 11 is 5.06. The highest BCUT2D eigenvalue weighted by Gasteiger charge is 2.24. The molecule has 0 aromatic carbocycles. The number of rotatable bonds is 3. The lowest BCUT2D eigenvalue weighted by atomic mass is 10.3. The van der Waals surface area contributed by atoms with Crippen LogP contribution >= 0.6 is 12.2 Å². The van der Waals surface area contributed by atoms with Gasteiger partial charge in [-0.1, -0.05) is 17.2 Å². The highest BCUT2D eigenvalue weighted by molar-refractivity contribution is 7.71. The molecule has 0 radical (unpaired) electrons. The molecule has 1 N–H and O–H groups in total. The number of tetrazole rings is 1. The van der Waals surface area contributed by atoms with Crippen molar-refractivity contribution >= 4 is 12.2 Å². The van der Waals surface area contributed by atoms with Gasteiger partial charge in [0.15, 0.2) is 0 Å². The van der Waals surface area contributed by atoms with Crippen LogP contribution in [0.4, 0.5) is 0 Å². The standard InChI is InChI=1S/C8H15N5S/c1-2-4-12-5-3-7(6-12)13-8(14)9-10-11-13/h7H,2-6H2,1H3,(H,9,11,14). The monoisotopic (exact) mass is 213 g/mol. The summed E-state index contributed by atoms with van der Waals surface area (Å²) in [7, 11) is 0. The molecule has 1 atom stereocenters. The van der Waals surface area contributed by atoms with E-state index in [2.05, 4.69) is 27.3 Å². The van der Waals surface area contributed by atoms with E-state index in [0.717, 1.165) is 19.5 Å². The predicted molar refractivity (Wildman–Crippen MR) is 55.6 cm³/mol. The van der Waals surface area contributed by atoms with Crippen molar-refractivity contribution in [2.75, 3.05) is 19.6 Å². The summed E-state index contributed by atoms with van der Waals surface area (Å²) in [6.07, 6.45) is 2.34. The SMILES string of the molecule is CCCN1CCC(n2[nH]nnc2=S)C1. The molecule has 0 bridgehead atoms. The lowest BCUT2D eigenvalue weighted by Crippen LogP contribution is -2.22. The molecule has 1 unspecified atom stereocenters. The van der Waals surface area contributed by atoms with E-state index < -0.39 is 0 Å². The number of nitrogens with one attached hydrogen (secondary N) is 1. The molecular formula is C8H15N5S. The van der Waals surface area contributed by atoms with Crippen molar-refractivity contribution in [2.45, 2.75) is 25.8 Å². The zero-order chi connectivity index (χ0) is 9.97. The van der Waals surface area contributed by atoms with Crippen LogP contribution in [-0.2, 0) is 0 Å². The van der Waals surface area contributed by atoms with Gasteiger partial charge in [-0.2, -0.15) is 5.21 Å². The van der Waals surface area contributed by atoms with Crippen LogP contribution in [0.3, 0.4) is 0 Å². The maximum Gasteiger partial charge on any atom is 0.238 e. The highest BCUT2D eigenvalue weighted by atomic mass is 32.1. The van der Waals surface area contributed by atoms with Gasteiger partial charge in [0.05, 0.1) is 6.04 Å². The summed E-state index contributed by atoms with van der Waals surface area (Å²) < 4.78 is 2.46. The van der Waals surface area contributed by atoms with E-state index in [1.807, 2.05) is 4.68 Å². The third-order valence-electron chi connectivity index (χ3n) is 2.65. The minimum absolute atomic E-state index is 0.434. The Hall–Kier alpha value is -0.750. The van der Waals surface area contributed by atoms with Crippen LogP contribution < -0.4 is 0 Å². The summed E-state index contributed by atoms with van der Waals surface area (Å²) in [5, 5.41) is 10.3. The zero-order valence-electron chi connectivity index (χ0n) is 8.31. The number of H-pyrrole nitrogens is 1. The first kappa shape index (κ1) is 9.79. The number of nitrogens with zero attached hydrogens (tertiary/aromatic N) is 4. The summed E-state index contributed by atoms with van der Waals surface area (Å²) in [6.45, 7) is 5.59. The largest absolute Gasteiger partial charge is 0.301 e. The maximum atomic E-state index is 5.06. The lowest BCUT2D eigenvalue weighted by molar-refractivity contribution is 0.318. The molecule has 0 spiro atoms. The van der Waals surface area contributed by atoms with Gasteiger partial charge in [0, 0.05) is 13.1 Å². The molecule has 1 fully saturated rings. The van der Waals surface area contributed by atoms with Crippen molar-refractivity contribution in [3.05, 3.63) is 4.77 Å². The molecule has 2 rings (SSSR count). The summed E-state index contributed by atoms with van der Waals surface area (Å²) in [5.74, 6) is 0. The van der Waals surface area contributed by atoms with Gasteiger partial charge in [0.2, 0.25) is 4.77 Å². The average molecular weight is 213 g/mol. The Morgan fingerprint density at radius 3 is 3.14 bits per heavy atom. The first-order valence-electron chi connectivity index (χ1n) is 5.03. The fourth-order valence-electron chi connectivity index (χ4n) is 1.98. The lowest BCUT2D eigenvalue weighted by Gasteiger charge is -2.14. The van der Waals surface area contributed by atoms with Gasteiger partial charge < -0.3 is 4.90 Å². The first-order chi connectivity index (χ1) is 6.81. The second kappa shape index (κ2) is 4.18. The Morgan fingerprint density at radius 2 is 2.50 bits per heavy atom. The second-order valence-corrected chi connectivity index (χ2v) is 4.06. The molecule has 5 nitrogen and oxygen atoms in total. The van der Waals surface area contributed by atoms with Gasteiger partial charge in [0.1, 0.15) is 0 Å². The molecule has 0 saturated carbocycles. The van der Waals surface area contributed by atoms with E-state index in [9.17, 15) is 0 Å². The van der Waals surface area contributed by atoms with Crippen LogP contribution in [0.15, 0.2) is 0 Å². The Kier molecular flexibility index (Phi) is 2.93. The van der Waals surface area contributed by atoms with E-state index >= 15 is 0 Å². The van der Waals surface area contributed by atoms with Crippen LogP contribution in [0.2, 0.25) is 0 Å². The molecule has 0 aliphatic carbocycles. The van der Waals surface area contributed by atoms with Crippen LogP contribution in [0.1, 0.15) is 25.8 Å². The zero-order valence-corrected chi connectivity index (χ0v) is 9.13. The van der Waals surface area contributed by atoms with E-state index in [1.54, 1.807) is 0 Å². The minimum atomic E-state index is 0.434. The Morgan fingerprint density at radius 1 is 1.64 bits per heavy atom. The van der Waals surface area contributed by atoms with E-state index in [0.29, 0.717) is 10.8 Å². The molecule has 1 aromatic heterocycles. The fourth-order valence-corrected chi connectivity index (χ4v) is 2.22. The average Bonchev–Trinajstić information content (AvgIpc) is 2.74. The van der Waals surface area contributed by atoms with Gasteiger partial charge in [-0.05, 0) is 31.6 Å². The van der Waals surface area contributed by atoms with Crippen molar-refractivity contribution in [3.63, 3.8) is 0 Å². The first-order valence-corrected chi connectivity index (χ1v) is 5.44. The van der Waals surface area contributed by atoms with E-state index in [1.165, 1.54) is 13.0 Å². The molecule has 14 heavy (non-hydrogen) atoms. The highest BCUT2D eigenvalue weighted by Crippen LogP contribution is 2.20. The molecule has 2 heterocycles. The van der Waals surface area contributed by atoms with E-state index in [4.69, 9.17) is 12.2 Å². The number of likely N-dealkylation sites (tertiary alicyclic amines) is 1. The predicted octanol–water partition coefficient (Wildman–Crippen LogP) is 0.992. The van der Waals surface area contributed by atoms with E-state index in [-0.39, 0.29) is 0 Å². The molecule has 6 heteroatoms. The number of hydrogen-bond donors (Lipinski definition) is 1. The number of aromatic amines is 1. The Bertz CT molecular complexity index is 344. The van der Waals surface area contributed by atoms with Crippen molar-refractivity contribution < 1.29 is 0 Å². The second-order valence-electron chi connectivity index (χ2n) is 3.70. The summed E-state index contributed by atoms with van der Waals surface area (Å²) in [5.41, 5.74) is 0. The van der Waals surface area contributed by atoms with Crippen LogP contribution in [0.5, 0.6) is 0 Å².